The molecule has 2 aromatic carbocycles. The first-order valence-corrected chi connectivity index (χ1v) is 9.65. The van der Waals surface area contributed by atoms with Gasteiger partial charge in [0.05, 0.1) is 4.90 Å². The smallest absolute Gasteiger partial charge is 0.243 e. The van der Waals surface area contributed by atoms with Crippen molar-refractivity contribution in [2.45, 2.75) is 11.3 Å². The van der Waals surface area contributed by atoms with Gasteiger partial charge in [-0.2, -0.15) is 4.31 Å². The van der Waals surface area contributed by atoms with Crippen LogP contribution in [0.15, 0.2) is 53.4 Å². The highest BCUT2D eigenvalue weighted by atomic mass is 32.2. The van der Waals surface area contributed by atoms with Gasteiger partial charge in [0, 0.05) is 44.9 Å². The lowest BCUT2D eigenvalue weighted by Crippen LogP contribution is -2.49. The molecule has 0 saturated carbocycles. The first kappa shape index (κ1) is 17.8. The molecule has 0 bridgehead atoms. The van der Waals surface area contributed by atoms with E-state index in [0.717, 1.165) is 31.2 Å². The molecule has 1 fully saturated rings. The molecule has 1 aliphatic heterocycles. The van der Waals surface area contributed by atoms with Gasteiger partial charge in [0.1, 0.15) is 11.6 Å². The molecule has 134 valence electrons. The number of nitrogens with zero attached hydrogens (tertiary/aromatic N) is 2. The number of piperazine rings is 1. The Kier molecular flexibility index (Phi) is 5.36. The average molecular weight is 364 g/mol. The summed E-state index contributed by atoms with van der Waals surface area (Å²) in [7, 11) is -3.79. The summed E-state index contributed by atoms with van der Waals surface area (Å²) in [6, 6.07) is 13.1. The van der Waals surface area contributed by atoms with Crippen LogP contribution in [0, 0.1) is 5.82 Å². The van der Waals surface area contributed by atoms with Crippen molar-refractivity contribution in [3.63, 3.8) is 0 Å². The molecule has 5 nitrogen and oxygen atoms in total. The standard InChI is InChI=1S/C18H21FN2O3S/c19-16-12-17(22)14-18(13-16)25(23,24)21-10-8-20(9-11-21)7-6-15-4-2-1-3-5-15/h1-5,12-14,22H,6-11H2. The molecule has 2 aromatic rings. The van der Waals surface area contributed by atoms with Gasteiger partial charge in [0.2, 0.25) is 10.0 Å². The largest absolute Gasteiger partial charge is 0.508 e. The van der Waals surface area contributed by atoms with Crippen LogP contribution in [0.5, 0.6) is 5.75 Å². The Bertz CT molecular complexity index is 799. The van der Waals surface area contributed by atoms with E-state index in [1.807, 2.05) is 18.2 Å². The zero-order chi connectivity index (χ0) is 17.9. The molecule has 7 heteroatoms. The molecule has 1 aliphatic rings. The number of hydrogen-bond donors (Lipinski definition) is 1. The zero-order valence-electron chi connectivity index (χ0n) is 13.8. The van der Waals surface area contributed by atoms with Gasteiger partial charge in [-0.25, -0.2) is 12.8 Å². The maximum Gasteiger partial charge on any atom is 0.243 e. The van der Waals surface area contributed by atoms with E-state index in [4.69, 9.17) is 0 Å². The second kappa shape index (κ2) is 7.51. The fourth-order valence-corrected chi connectivity index (χ4v) is 4.44. The number of sulfonamides is 1. The van der Waals surface area contributed by atoms with Crippen molar-refractivity contribution in [1.29, 1.82) is 0 Å². The molecule has 0 amide bonds. The van der Waals surface area contributed by atoms with E-state index in [2.05, 4.69) is 17.0 Å². The third-order valence-corrected chi connectivity index (χ3v) is 6.26. The van der Waals surface area contributed by atoms with Gasteiger partial charge >= 0.3 is 0 Å². The minimum absolute atomic E-state index is 0.206. The lowest BCUT2D eigenvalue weighted by molar-refractivity contribution is 0.190. The first-order valence-electron chi connectivity index (χ1n) is 8.21. The number of halogens is 1. The molecule has 25 heavy (non-hydrogen) atoms. The summed E-state index contributed by atoms with van der Waals surface area (Å²) in [5.41, 5.74) is 1.26. The third-order valence-electron chi connectivity index (χ3n) is 4.38. The lowest BCUT2D eigenvalue weighted by atomic mass is 10.1. The Morgan fingerprint density at radius 1 is 1.00 bits per heavy atom. The molecule has 0 atom stereocenters. The quantitative estimate of drug-likeness (QED) is 0.882. The van der Waals surface area contributed by atoms with Gasteiger partial charge in [0.15, 0.2) is 0 Å². The van der Waals surface area contributed by atoms with Gasteiger partial charge < -0.3 is 10.0 Å². The van der Waals surface area contributed by atoms with E-state index in [1.165, 1.54) is 9.87 Å². The molecule has 3 rings (SSSR count). The van der Waals surface area contributed by atoms with Crippen LogP contribution in [0.2, 0.25) is 0 Å². The van der Waals surface area contributed by atoms with Crippen LogP contribution in [0.4, 0.5) is 4.39 Å². The highest BCUT2D eigenvalue weighted by Gasteiger charge is 2.29. The van der Waals surface area contributed by atoms with E-state index in [1.54, 1.807) is 0 Å². The Morgan fingerprint density at radius 2 is 1.68 bits per heavy atom. The first-order chi connectivity index (χ1) is 11.9. The summed E-state index contributed by atoms with van der Waals surface area (Å²) in [6.07, 6.45) is 0.922. The summed E-state index contributed by atoms with van der Waals surface area (Å²) >= 11 is 0. The van der Waals surface area contributed by atoms with Crippen molar-refractivity contribution in [3.05, 3.63) is 59.9 Å². The van der Waals surface area contributed by atoms with Crippen LogP contribution in [0.3, 0.4) is 0 Å². The number of benzene rings is 2. The van der Waals surface area contributed by atoms with Crippen LogP contribution < -0.4 is 0 Å². The summed E-state index contributed by atoms with van der Waals surface area (Å²) in [4.78, 5) is 2.02. The number of phenolic OH excluding ortho intramolecular Hbond substituents is 1. The maximum absolute atomic E-state index is 13.4. The predicted molar refractivity (Wildman–Crippen MR) is 93.4 cm³/mol. The van der Waals surface area contributed by atoms with Crippen molar-refractivity contribution in [1.82, 2.24) is 9.21 Å². The van der Waals surface area contributed by atoms with Gasteiger partial charge in [-0.15, -0.1) is 0 Å². The van der Waals surface area contributed by atoms with E-state index >= 15 is 0 Å². The Balaban J connectivity index is 1.59. The minimum Gasteiger partial charge on any atom is -0.508 e. The molecule has 1 saturated heterocycles. The van der Waals surface area contributed by atoms with Crippen LogP contribution in [-0.2, 0) is 16.4 Å². The molecular formula is C18H21FN2O3S. The number of rotatable bonds is 5. The monoisotopic (exact) mass is 364 g/mol. The van der Waals surface area contributed by atoms with Crippen LogP contribution in [-0.4, -0.2) is 55.5 Å². The molecule has 0 spiro atoms. The van der Waals surface area contributed by atoms with Gasteiger partial charge in [-0.1, -0.05) is 30.3 Å². The number of phenols is 1. The molecule has 0 aliphatic carbocycles. The second-order valence-electron chi connectivity index (χ2n) is 6.13. The number of hydrogen-bond acceptors (Lipinski definition) is 4. The second-order valence-corrected chi connectivity index (χ2v) is 8.06. The van der Waals surface area contributed by atoms with Crippen molar-refractivity contribution in [3.8, 4) is 5.75 Å². The highest BCUT2D eigenvalue weighted by Crippen LogP contribution is 2.23. The van der Waals surface area contributed by atoms with Gasteiger partial charge in [-0.05, 0) is 18.1 Å². The van der Waals surface area contributed by atoms with Crippen molar-refractivity contribution in [2.24, 2.45) is 0 Å². The zero-order valence-corrected chi connectivity index (χ0v) is 14.6. The van der Waals surface area contributed by atoms with Crippen molar-refractivity contribution < 1.29 is 17.9 Å². The number of aromatic hydroxyl groups is 1. The SMILES string of the molecule is O=S(=O)(c1cc(O)cc(F)c1)N1CCN(CCc2ccccc2)CC1. The Hall–Kier alpha value is -1.96. The minimum atomic E-state index is -3.79. The third kappa shape index (κ3) is 4.36. The molecule has 1 N–H and O–H groups in total. The van der Waals surface area contributed by atoms with Crippen molar-refractivity contribution >= 4 is 10.0 Å². The lowest BCUT2D eigenvalue weighted by Gasteiger charge is -2.34. The van der Waals surface area contributed by atoms with Crippen LogP contribution >= 0.6 is 0 Å². The Labute approximate surface area is 147 Å². The fourth-order valence-electron chi connectivity index (χ4n) is 2.97. The van der Waals surface area contributed by atoms with E-state index in [9.17, 15) is 17.9 Å². The van der Waals surface area contributed by atoms with E-state index < -0.39 is 15.8 Å². The topological polar surface area (TPSA) is 60.9 Å². The van der Waals surface area contributed by atoms with Crippen LogP contribution in [0.25, 0.3) is 0 Å². The maximum atomic E-state index is 13.4. The molecule has 1 heterocycles. The van der Waals surface area contributed by atoms with Crippen LogP contribution in [0.1, 0.15) is 5.56 Å². The summed E-state index contributed by atoms with van der Waals surface area (Å²) in [6.45, 7) is 2.85. The molecular weight excluding hydrogens is 343 g/mol. The van der Waals surface area contributed by atoms with Gasteiger partial charge in [0.25, 0.3) is 0 Å². The fraction of sp³-hybridized carbons (Fsp3) is 0.333. The van der Waals surface area contributed by atoms with E-state index in [-0.39, 0.29) is 10.6 Å². The average Bonchev–Trinajstić information content (AvgIpc) is 2.60. The molecule has 0 radical (unpaired) electrons. The highest BCUT2D eigenvalue weighted by molar-refractivity contribution is 7.89. The van der Waals surface area contributed by atoms with Crippen molar-refractivity contribution in [2.75, 3.05) is 32.7 Å². The Morgan fingerprint density at radius 3 is 2.32 bits per heavy atom. The van der Waals surface area contributed by atoms with Gasteiger partial charge in [-0.3, -0.25) is 0 Å². The normalized spacial score (nSPS) is 16.8. The molecule has 0 unspecified atom stereocenters. The summed E-state index contributed by atoms with van der Waals surface area (Å²) in [5.74, 6) is -1.15. The summed E-state index contributed by atoms with van der Waals surface area (Å²) in [5, 5.41) is 9.44. The molecule has 0 aromatic heterocycles. The van der Waals surface area contributed by atoms with E-state index in [0.29, 0.717) is 26.2 Å². The predicted octanol–water partition coefficient (Wildman–Crippen LogP) is 2.08. The summed E-state index contributed by atoms with van der Waals surface area (Å²) < 4.78 is 40.0.